The van der Waals surface area contributed by atoms with E-state index in [0.717, 1.165) is 11.1 Å². The highest BCUT2D eigenvalue weighted by Gasteiger charge is 2.01. The number of pyridine rings is 1. The number of carbonyl (C=O) groups excluding carboxylic acids is 1. The molecular weight excluding hydrogens is 324 g/mol. The van der Waals surface area contributed by atoms with Crippen molar-refractivity contribution in [3.63, 3.8) is 0 Å². The Kier molecular flexibility index (Phi) is 6.91. The number of rotatable bonds is 7. The third-order valence-electron chi connectivity index (χ3n) is 3.08. The number of aromatic nitrogens is 1. The average molecular weight is 342 g/mol. The van der Waals surface area contributed by atoms with E-state index in [1.54, 1.807) is 24.5 Å². The normalized spacial score (nSPS) is 10.4. The number of nitrogens with zero attached hydrogens (tertiary/aromatic N) is 1. The number of nitrogens with one attached hydrogen (secondary N) is 1. The van der Waals surface area contributed by atoms with Crippen molar-refractivity contribution < 1.29 is 14.3 Å². The first kappa shape index (κ1) is 17.6. The summed E-state index contributed by atoms with van der Waals surface area (Å²) < 4.78 is 9.80. The number of thiocarbonyl (C=S) groups is 1. The highest BCUT2D eigenvalue weighted by molar-refractivity contribution is 7.80. The van der Waals surface area contributed by atoms with Gasteiger partial charge in [-0.1, -0.05) is 36.5 Å². The van der Waals surface area contributed by atoms with Crippen LogP contribution >= 0.6 is 12.2 Å². The third-order valence-corrected chi connectivity index (χ3v) is 3.36. The third kappa shape index (κ3) is 6.18. The minimum absolute atomic E-state index is 0.103. The van der Waals surface area contributed by atoms with Gasteiger partial charge in [0.2, 0.25) is 0 Å². The maximum absolute atomic E-state index is 11.0. The first-order valence-electron chi connectivity index (χ1n) is 7.32. The summed E-state index contributed by atoms with van der Waals surface area (Å²) in [7, 11) is 1.32. The van der Waals surface area contributed by atoms with Crippen LogP contribution in [0.2, 0.25) is 0 Å². The second-order valence-corrected chi connectivity index (χ2v) is 5.29. The first-order valence-corrected chi connectivity index (χ1v) is 7.72. The van der Waals surface area contributed by atoms with Gasteiger partial charge in [0.25, 0.3) is 0 Å². The standard InChI is InChI=1S/C18H18N2O3S/c1-22-18(21)13-23-16-7-4-14(5-8-16)6-9-17(24)20-12-15-3-2-10-19-11-15/h2-11H,12-13H2,1H3,(H,20,24)/b9-6+. The number of methoxy groups -OCH3 is 1. The van der Waals surface area contributed by atoms with Gasteiger partial charge in [0, 0.05) is 18.9 Å². The first-order chi connectivity index (χ1) is 11.7. The molecule has 0 fully saturated rings. The summed E-state index contributed by atoms with van der Waals surface area (Å²) in [4.78, 5) is 15.7. The van der Waals surface area contributed by atoms with Crippen LogP contribution in [-0.2, 0) is 16.1 Å². The molecule has 24 heavy (non-hydrogen) atoms. The predicted molar refractivity (Wildman–Crippen MR) is 96.7 cm³/mol. The maximum Gasteiger partial charge on any atom is 0.343 e. The fourth-order valence-corrected chi connectivity index (χ4v) is 1.94. The van der Waals surface area contributed by atoms with Gasteiger partial charge in [-0.05, 0) is 35.4 Å². The van der Waals surface area contributed by atoms with E-state index < -0.39 is 5.97 Å². The average Bonchev–Trinajstić information content (AvgIpc) is 2.64. The lowest BCUT2D eigenvalue weighted by atomic mass is 10.2. The summed E-state index contributed by atoms with van der Waals surface area (Å²) in [6, 6.07) is 11.2. The van der Waals surface area contributed by atoms with Gasteiger partial charge in [0.05, 0.1) is 12.1 Å². The van der Waals surface area contributed by atoms with Gasteiger partial charge in [0.1, 0.15) is 5.75 Å². The maximum atomic E-state index is 11.0. The summed E-state index contributed by atoms with van der Waals surface area (Å²) in [5, 5.41) is 3.15. The van der Waals surface area contributed by atoms with Crippen LogP contribution in [0.3, 0.4) is 0 Å². The number of hydrogen-bond donors (Lipinski definition) is 1. The van der Waals surface area contributed by atoms with Crippen LogP contribution in [0.5, 0.6) is 5.75 Å². The van der Waals surface area contributed by atoms with Crippen LogP contribution in [0.4, 0.5) is 0 Å². The molecule has 1 N–H and O–H groups in total. The lowest BCUT2D eigenvalue weighted by molar-refractivity contribution is -0.142. The van der Waals surface area contributed by atoms with E-state index in [0.29, 0.717) is 17.3 Å². The molecule has 5 nitrogen and oxygen atoms in total. The van der Waals surface area contributed by atoms with Crippen LogP contribution in [0.15, 0.2) is 54.9 Å². The minimum atomic E-state index is -0.413. The number of ether oxygens (including phenoxy) is 2. The van der Waals surface area contributed by atoms with Crippen molar-refractivity contribution >= 4 is 29.3 Å². The Morgan fingerprint density at radius 2 is 2.08 bits per heavy atom. The summed E-state index contributed by atoms with van der Waals surface area (Å²) in [6.07, 6.45) is 7.27. The lowest BCUT2D eigenvalue weighted by Gasteiger charge is -2.05. The lowest BCUT2D eigenvalue weighted by Crippen LogP contribution is -2.18. The molecule has 6 heteroatoms. The quantitative estimate of drug-likeness (QED) is 0.474. The molecule has 0 radical (unpaired) electrons. The Balaban J connectivity index is 1.80. The van der Waals surface area contributed by atoms with E-state index in [2.05, 4.69) is 15.0 Å². The Morgan fingerprint density at radius 1 is 1.29 bits per heavy atom. The molecule has 1 aromatic carbocycles. The minimum Gasteiger partial charge on any atom is -0.482 e. The van der Waals surface area contributed by atoms with E-state index in [1.807, 2.05) is 36.4 Å². The molecule has 2 aromatic rings. The molecule has 0 amide bonds. The summed E-state index contributed by atoms with van der Waals surface area (Å²) in [5.41, 5.74) is 2.05. The number of benzene rings is 1. The second-order valence-electron chi connectivity index (χ2n) is 4.85. The zero-order chi connectivity index (χ0) is 17.2. The monoisotopic (exact) mass is 342 g/mol. The van der Waals surface area contributed by atoms with E-state index in [-0.39, 0.29) is 6.61 Å². The second kappa shape index (κ2) is 9.42. The Hall–Kier alpha value is -2.73. The zero-order valence-corrected chi connectivity index (χ0v) is 14.1. The molecule has 1 heterocycles. The highest BCUT2D eigenvalue weighted by atomic mass is 32.1. The number of esters is 1. The van der Waals surface area contributed by atoms with Crippen molar-refractivity contribution in [2.24, 2.45) is 0 Å². The van der Waals surface area contributed by atoms with Crippen molar-refractivity contribution in [2.75, 3.05) is 13.7 Å². The predicted octanol–water partition coefficient (Wildman–Crippen LogP) is 2.76. The molecular formula is C18H18N2O3S. The number of hydrogen-bond acceptors (Lipinski definition) is 5. The van der Waals surface area contributed by atoms with Crippen LogP contribution < -0.4 is 10.1 Å². The molecule has 0 bridgehead atoms. The van der Waals surface area contributed by atoms with E-state index in [1.165, 1.54) is 7.11 Å². The smallest absolute Gasteiger partial charge is 0.343 e. The van der Waals surface area contributed by atoms with Crippen molar-refractivity contribution in [2.45, 2.75) is 6.54 Å². The highest BCUT2D eigenvalue weighted by Crippen LogP contribution is 2.13. The van der Waals surface area contributed by atoms with E-state index in [9.17, 15) is 4.79 Å². The van der Waals surface area contributed by atoms with Crippen LogP contribution in [-0.4, -0.2) is 29.7 Å². The largest absolute Gasteiger partial charge is 0.482 e. The molecule has 0 aliphatic carbocycles. The summed E-state index contributed by atoms with van der Waals surface area (Å²) in [6.45, 7) is 0.533. The molecule has 0 unspecified atom stereocenters. The molecule has 2 rings (SSSR count). The van der Waals surface area contributed by atoms with Crippen molar-refractivity contribution in [1.29, 1.82) is 0 Å². The fraction of sp³-hybridized carbons (Fsp3) is 0.167. The molecule has 0 aliphatic rings. The SMILES string of the molecule is COC(=O)COc1ccc(/C=C/C(=S)NCc2cccnc2)cc1. The summed E-state index contributed by atoms with van der Waals surface area (Å²) in [5.74, 6) is 0.193. The number of carbonyl (C=O) groups is 1. The summed E-state index contributed by atoms with van der Waals surface area (Å²) >= 11 is 5.27. The Bertz CT molecular complexity index is 700. The molecule has 0 saturated carbocycles. The van der Waals surface area contributed by atoms with Gasteiger partial charge < -0.3 is 14.8 Å². The van der Waals surface area contributed by atoms with E-state index >= 15 is 0 Å². The van der Waals surface area contributed by atoms with Gasteiger partial charge in [0.15, 0.2) is 6.61 Å². The zero-order valence-electron chi connectivity index (χ0n) is 13.3. The van der Waals surface area contributed by atoms with Crippen molar-refractivity contribution in [3.05, 3.63) is 66.0 Å². The molecule has 124 valence electrons. The fourth-order valence-electron chi connectivity index (χ4n) is 1.80. The van der Waals surface area contributed by atoms with Gasteiger partial charge in [-0.2, -0.15) is 0 Å². The van der Waals surface area contributed by atoms with Crippen LogP contribution in [0.1, 0.15) is 11.1 Å². The van der Waals surface area contributed by atoms with Crippen LogP contribution in [0.25, 0.3) is 6.08 Å². The van der Waals surface area contributed by atoms with Crippen molar-refractivity contribution in [1.82, 2.24) is 10.3 Å². The molecule has 1 aromatic heterocycles. The Morgan fingerprint density at radius 3 is 2.75 bits per heavy atom. The molecule has 0 aliphatic heterocycles. The Labute approximate surface area is 146 Å². The van der Waals surface area contributed by atoms with Gasteiger partial charge >= 0.3 is 5.97 Å². The van der Waals surface area contributed by atoms with Gasteiger partial charge in [-0.15, -0.1) is 0 Å². The topological polar surface area (TPSA) is 60.5 Å². The van der Waals surface area contributed by atoms with Crippen LogP contribution in [0, 0.1) is 0 Å². The van der Waals surface area contributed by atoms with Crippen molar-refractivity contribution in [3.8, 4) is 5.75 Å². The van der Waals surface area contributed by atoms with Gasteiger partial charge in [-0.25, -0.2) is 4.79 Å². The molecule has 0 spiro atoms. The van der Waals surface area contributed by atoms with Gasteiger partial charge in [-0.3, -0.25) is 4.98 Å². The molecule has 0 saturated heterocycles. The molecule has 0 atom stereocenters. The van der Waals surface area contributed by atoms with E-state index in [4.69, 9.17) is 17.0 Å².